The summed E-state index contributed by atoms with van der Waals surface area (Å²) in [4.78, 5) is 16.9. The first-order valence-corrected chi connectivity index (χ1v) is 12.8. The molecule has 4 rings (SSSR count). The Kier molecular flexibility index (Phi) is 5.89. The highest BCUT2D eigenvalue weighted by Crippen LogP contribution is 2.53. The van der Waals surface area contributed by atoms with Crippen molar-refractivity contribution in [1.82, 2.24) is 14.5 Å². The lowest BCUT2D eigenvalue weighted by Crippen LogP contribution is -2.47. The number of carbonyl (C=O) groups excluding carboxylic acids is 1. The van der Waals surface area contributed by atoms with Crippen LogP contribution in [0.3, 0.4) is 0 Å². The summed E-state index contributed by atoms with van der Waals surface area (Å²) in [5.74, 6) is -4.73. The monoisotopic (exact) mass is 521 g/mol. The summed E-state index contributed by atoms with van der Waals surface area (Å²) in [5.41, 5.74) is -3.41. The van der Waals surface area contributed by atoms with Crippen LogP contribution in [0.25, 0.3) is 0 Å². The van der Waals surface area contributed by atoms with Crippen LogP contribution in [-0.2, 0) is 22.5 Å². The Morgan fingerprint density at radius 2 is 1.97 bits per heavy atom. The Balaban J connectivity index is 1.86. The lowest BCUT2D eigenvalue weighted by Gasteiger charge is -2.44. The van der Waals surface area contributed by atoms with E-state index in [-0.39, 0.29) is 17.6 Å². The average Bonchev–Trinajstić information content (AvgIpc) is 2.97. The van der Waals surface area contributed by atoms with E-state index in [1.165, 1.54) is 6.92 Å². The number of carbonyl (C=O) groups is 1. The molecule has 1 unspecified atom stereocenters. The van der Waals surface area contributed by atoms with Gasteiger partial charge in [0.25, 0.3) is 5.91 Å². The summed E-state index contributed by atoms with van der Waals surface area (Å²) in [6.45, 7) is 1.19. The number of nitrogens with zero attached hydrogens (tertiary/aromatic N) is 4. The molecule has 1 amide bonds. The topological polar surface area (TPSA) is 113 Å². The molecule has 35 heavy (non-hydrogen) atoms. The lowest BCUT2D eigenvalue weighted by molar-refractivity contribution is -0.160. The van der Waals surface area contributed by atoms with Gasteiger partial charge in [-0.15, -0.1) is 0 Å². The van der Waals surface area contributed by atoms with Crippen molar-refractivity contribution < 1.29 is 36.2 Å². The number of amides is 1. The van der Waals surface area contributed by atoms with E-state index in [1.54, 1.807) is 0 Å². The van der Waals surface area contributed by atoms with Crippen LogP contribution in [0.4, 0.5) is 22.0 Å². The third kappa shape index (κ3) is 4.98. The molecule has 2 heterocycles. The van der Waals surface area contributed by atoms with Crippen LogP contribution in [0.5, 0.6) is 0 Å². The van der Waals surface area contributed by atoms with Crippen LogP contribution in [0, 0.1) is 10.2 Å². The summed E-state index contributed by atoms with van der Waals surface area (Å²) >= 11 is 0. The predicted molar refractivity (Wildman–Crippen MR) is 113 cm³/mol. The molecule has 2 aromatic heterocycles. The van der Waals surface area contributed by atoms with Gasteiger partial charge in [0.1, 0.15) is 11.3 Å². The number of hydrogen-bond acceptors (Lipinski definition) is 5. The van der Waals surface area contributed by atoms with Crippen molar-refractivity contribution in [3.05, 3.63) is 40.6 Å². The first-order valence-electron chi connectivity index (χ1n) is 10.8. The molecule has 2 aliphatic carbocycles. The fourth-order valence-corrected chi connectivity index (χ4v) is 5.48. The number of aromatic nitrogens is 3. The van der Waals surface area contributed by atoms with Crippen LogP contribution < -0.4 is 5.36 Å². The van der Waals surface area contributed by atoms with Crippen molar-refractivity contribution in [3.8, 4) is 0 Å². The minimum absolute atomic E-state index is 0.232. The highest BCUT2D eigenvalue weighted by Gasteiger charge is 2.55. The van der Waals surface area contributed by atoms with Gasteiger partial charge in [0.05, 0.1) is 20.8 Å². The number of nitrogens with one attached hydrogen (secondary N) is 1. The molecule has 2 N–H and O–H groups in total. The summed E-state index contributed by atoms with van der Waals surface area (Å²) < 4.78 is 90.7. The van der Waals surface area contributed by atoms with Crippen LogP contribution in [-0.4, -0.2) is 42.0 Å². The SMILES string of the molecule is CC1(Cn2nc(C3CCC3)c(C(F)(F)F)c2C(=O)N=c2ccn(O)c(S(C)(=N)=O)c2)CC(F)(F)C1. The fourth-order valence-electron chi connectivity index (χ4n) is 4.72. The van der Waals surface area contributed by atoms with Crippen molar-refractivity contribution in [1.29, 1.82) is 4.78 Å². The highest BCUT2D eigenvalue weighted by molar-refractivity contribution is 7.91. The Morgan fingerprint density at radius 1 is 1.34 bits per heavy atom. The maximum absolute atomic E-state index is 14.2. The van der Waals surface area contributed by atoms with E-state index in [0.29, 0.717) is 24.0 Å². The van der Waals surface area contributed by atoms with Crippen molar-refractivity contribution in [2.45, 2.75) is 68.6 Å². The first kappa shape index (κ1) is 25.3. The number of alkyl halides is 5. The van der Waals surface area contributed by atoms with E-state index in [0.717, 1.165) is 29.3 Å². The zero-order chi connectivity index (χ0) is 26.0. The van der Waals surface area contributed by atoms with Gasteiger partial charge in [0.2, 0.25) is 5.92 Å². The van der Waals surface area contributed by atoms with Gasteiger partial charge in [-0.3, -0.25) is 9.48 Å². The molecule has 0 radical (unpaired) electrons. The molecular formula is C21H24F5N5O3S. The third-order valence-electron chi connectivity index (χ3n) is 6.37. The van der Waals surface area contributed by atoms with Gasteiger partial charge in [0.15, 0.2) is 5.03 Å². The van der Waals surface area contributed by atoms with E-state index in [1.807, 2.05) is 0 Å². The second-order valence-corrected chi connectivity index (χ2v) is 11.8. The molecule has 0 spiro atoms. The maximum Gasteiger partial charge on any atom is 0.420 e. The summed E-state index contributed by atoms with van der Waals surface area (Å²) in [6.07, 6.45) is -2.42. The number of hydrogen-bond donors (Lipinski definition) is 2. The van der Waals surface area contributed by atoms with Crippen LogP contribution in [0.1, 0.15) is 66.7 Å². The van der Waals surface area contributed by atoms with Crippen LogP contribution in [0.2, 0.25) is 0 Å². The second kappa shape index (κ2) is 8.14. The van der Waals surface area contributed by atoms with E-state index >= 15 is 0 Å². The summed E-state index contributed by atoms with van der Waals surface area (Å²) in [5, 5.41) is 13.2. The molecule has 2 aliphatic rings. The normalized spacial score (nSPS) is 21.7. The molecule has 0 aliphatic heterocycles. The minimum atomic E-state index is -4.94. The maximum atomic E-state index is 14.2. The smallest absolute Gasteiger partial charge is 0.420 e. The van der Waals surface area contributed by atoms with Gasteiger partial charge in [-0.25, -0.2) is 22.8 Å². The number of halogens is 5. The zero-order valence-electron chi connectivity index (χ0n) is 18.9. The van der Waals surface area contributed by atoms with E-state index in [9.17, 15) is 36.2 Å². The number of pyridine rings is 1. The molecule has 0 saturated heterocycles. The van der Waals surface area contributed by atoms with Crippen molar-refractivity contribution in [2.75, 3.05) is 6.26 Å². The Bertz CT molecular complexity index is 1350. The highest BCUT2D eigenvalue weighted by atomic mass is 32.2. The molecule has 14 heteroatoms. The Morgan fingerprint density at radius 3 is 2.46 bits per heavy atom. The molecule has 0 aromatic carbocycles. The van der Waals surface area contributed by atoms with E-state index in [2.05, 4.69) is 10.1 Å². The van der Waals surface area contributed by atoms with Gasteiger partial charge in [0, 0.05) is 43.8 Å². The standard InChI is InChI=1S/C21H24F5N5O3S/c1-19(9-20(22,23)10-19)11-30-17(15(21(24,25)26)16(29-30)12-4-3-5-12)18(32)28-13-6-7-31(33)14(8-13)35(2,27)34/h6-8,12,27,33H,3-5,9-11H2,1-2H3. The van der Waals surface area contributed by atoms with Crippen molar-refractivity contribution in [2.24, 2.45) is 10.4 Å². The zero-order valence-corrected chi connectivity index (χ0v) is 19.7. The van der Waals surface area contributed by atoms with E-state index < -0.39 is 68.2 Å². The summed E-state index contributed by atoms with van der Waals surface area (Å²) in [7, 11) is -3.46. The third-order valence-corrected chi connectivity index (χ3v) is 7.48. The van der Waals surface area contributed by atoms with E-state index in [4.69, 9.17) is 4.78 Å². The predicted octanol–water partition coefficient (Wildman–Crippen LogP) is 4.42. The van der Waals surface area contributed by atoms with Crippen molar-refractivity contribution >= 4 is 15.6 Å². The van der Waals surface area contributed by atoms with Gasteiger partial charge in [-0.05, 0) is 24.3 Å². The molecule has 2 fully saturated rings. The van der Waals surface area contributed by atoms with Gasteiger partial charge >= 0.3 is 6.18 Å². The Hall–Kier alpha value is -2.77. The average molecular weight is 522 g/mol. The minimum Gasteiger partial charge on any atom is -0.428 e. The Labute approximate surface area is 197 Å². The lowest BCUT2D eigenvalue weighted by atomic mass is 9.67. The molecule has 2 saturated carbocycles. The molecular weight excluding hydrogens is 497 g/mol. The summed E-state index contributed by atoms with van der Waals surface area (Å²) in [6, 6.07) is 2.06. The quantitative estimate of drug-likeness (QED) is 0.448. The second-order valence-electron chi connectivity index (χ2n) is 9.74. The molecule has 0 bridgehead atoms. The van der Waals surface area contributed by atoms with Gasteiger partial charge in [-0.2, -0.15) is 23.0 Å². The van der Waals surface area contributed by atoms with Gasteiger partial charge in [-0.1, -0.05) is 13.3 Å². The first-order chi connectivity index (χ1) is 16.0. The largest absolute Gasteiger partial charge is 0.428 e. The van der Waals surface area contributed by atoms with Crippen molar-refractivity contribution in [3.63, 3.8) is 0 Å². The van der Waals surface area contributed by atoms with Gasteiger partial charge < -0.3 is 5.21 Å². The number of rotatable bonds is 5. The molecule has 2 aromatic rings. The molecule has 192 valence electrons. The fraction of sp³-hybridized carbons (Fsp3) is 0.571. The molecule has 1 atom stereocenters. The molecule has 8 nitrogen and oxygen atoms in total. The van der Waals surface area contributed by atoms with Crippen LogP contribution in [0.15, 0.2) is 28.3 Å². The van der Waals surface area contributed by atoms with Crippen LogP contribution >= 0.6 is 0 Å².